The van der Waals surface area contributed by atoms with Gasteiger partial charge >= 0.3 is 0 Å². The van der Waals surface area contributed by atoms with Crippen LogP contribution in [-0.2, 0) is 4.79 Å². The van der Waals surface area contributed by atoms with Crippen LogP contribution in [0.1, 0.15) is 15.9 Å². The molecule has 1 aromatic heterocycles. The van der Waals surface area contributed by atoms with E-state index in [0.29, 0.717) is 42.3 Å². The third kappa shape index (κ3) is 3.20. The second-order valence-electron chi connectivity index (χ2n) is 6.24. The first-order valence-electron chi connectivity index (χ1n) is 8.35. The Morgan fingerprint density at radius 1 is 1.00 bits per heavy atom. The van der Waals surface area contributed by atoms with Gasteiger partial charge in [-0.2, -0.15) is 0 Å². The normalized spacial score (nSPS) is 16.6. The molecule has 1 saturated heterocycles. The van der Waals surface area contributed by atoms with Crippen molar-refractivity contribution in [2.75, 3.05) is 32.8 Å². The predicted molar refractivity (Wildman–Crippen MR) is 96.1 cm³/mol. The lowest BCUT2D eigenvalue weighted by molar-refractivity contribution is -0.128. The molecule has 0 bridgehead atoms. The van der Waals surface area contributed by atoms with Gasteiger partial charge < -0.3 is 19.0 Å². The molecule has 0 spiro atoms. The second-order valence-corrected chi connectivity index (χ2v) is 6.67. The third-order valence-electron chi connectivity index (χ3n) is 4.58. The summed E-state index contributed by atoms with van der Waals surface area (Å²) in [6, 6.07) is 6.99. The van der Waals surface area contributed by atoms with Crippen molar-refractivity contribution in [2.45, 2.75) is 0 Å². The summed E-state index contributed by atoms with van der Waals surface area (Å²) in [5.74, 6) is 0.585. The summed E-state index contributed by atoms with van der Waals surface area (Å²) in [4.78, 5) is 28.6. The number of carbonyl (C=O) groups is 2. The molecule has 26 heavy (non-hydrogen) atoms. The summed E-state index contributed by atoms with van der Waals surface area (Å²) < 4.78 is 10.6. The van der Waals surface area contributed by atoms with Gasteiger partial charge in [0.15, 0.2) is 0 Å². The van der Waals surface area contributed by atoms with Crippen molar-refractivity contribution in [3.63, 3.8) is 0 Å². The Hall–Kier alpha value is -2.73. The standard InChI is InChI=1S/C19H17ClN2O4/c20-16-1-2-17-14(10-16)9-15(12-26-17)19(24)22-6-4-21(5-7-22)18(23)13-3-8-25-11-13/h1-3,8-11H,4-7,12H2. The first-order valence-corrected chi connectivity index (χ1v) is 8.73. The predicted octanol–water partition coefficient (Wildman–Crippen LogP) is 2.69. The fourth-order valence-corrected chi connectivity index (χ4v) is 3.34. The third-order valence-corrected chi connectivity index (χ3v) is 4.82. The summed E-state index contributed by atoms with van der Waals surface area (Å²) in [6.45, 7) is 2.20. The van der Waals surface area contributed by atoms with E-state index in [2.05, 4.69) is 0 Å². The van der Waals surface area contributed by atoms with Crippen LogP contribution in [-0.4, -0.2) is 54.4 Å². The molecule has 0 saturated carbocycles. The van der Waals surface area contributed by atoms with Gasteiger partial charge in [-0.05, 0) is 30.3 Å². The minimum atomic E-state index is -0.0744. The van der Waals surface area contributed by atoms with Gasteiger partial charge in [0, 0.05) is 36.8 Å². The monoisotopic (exact) mass is 372 g/mol. The maximum Gasteiger partial charge on any atom is 0.257 e. The molecule has 0 unspecified atom stereocenters. The Morgan fingerprint density at radius 3 is 2.42 bits per heavy atom. The van der Waals surface area contributed by atoms with Gasteiger partial charge in [0.05, 0.1) is 17.4 Å². The van der Waals surface area contributed by atoms with Gasteiger partial charge in [-0.1, -0.05) is 11.6 Å². The lowest BCUT2D eigenvalue weighted by Gasteiger charge is -2.35. The lowest BCUT2D eigenvalue weighted by Crippen LogP contribution is -2.51. The molecular weight excluding hydrogens is 356 g/mol. The van der Waals surface area contributed by atoms with Crippen LogP contribution in [0.25, 0.3) is 6.08 Å². The highest BCUT2D eigenvalue weighted by atomic mass is 35.5. The zero-order valence-corrected chi connectivity index (χ0v) is 14.7. The Bertz CT molecular complexity index is 868. The summed E-state index contributed by atoms with van der Waals surface area (Å²) in [6.07, 6.45) is 4.75. The number of amides is 2. The molecule has 6 nitrogen and oxygen atoms in total. The number of hydrogen-bond acceptors (Lipinski definition) is 4. The summed E-state index contributed by atoms with van der Waals surface area (Å²) in [5, 5.41) is 0.601. The highest BCUT2D eigenvalue weighted by Crippen LogP contribution is 2.29. The minimum Gasteiger partial charge on any atom is -0.488 e. The molecule has 1 fully saturated rings. The van der Waals surface area contributed by atoms with Crippen LogP contribution >= 0.6 is 11.6 Å². The van der Waals surface area contributed by atoms with E-state index in [1.165, 1.54) is 12.5 Å². The SMILES string of the molecule is O=C(C1=Cc2cc(Cl)ccc2OC1)N1CCN(C(=O)c2ccoc2)CC1. The molecule has 1 aromatic carbocycles. The maximum atomic E-state index is 12.8. The summed E-state index contributed by atoms with van der Waals surface area (Å²) in [7, 11) is 0. The molecule has 2 amide bonds. The largest absolute Gasteiger partial charge is 0.488 e. The number of halogens is 1. The van der Waals surface area contributed by atoms with Crippen molar-refractivity contribution >= 4 is 29.5 Å². The van der Waals surface area contributed by atoms with Crippen LogP contribution in [0.15, 0.2) is 46.8 Å². The molecule has 4 rings (SSSR count). The smallest absolute Gasteiger partial charge is 0.257 e. The van der Waals surface area contributed by atoms with E-state index in [4.69, 9.17) is 20.8 Å². The first kappa shape index (κ1) is 16.7. The van der Waals surface area contributed by atoms with Gasteiger partial charge in [-0.15, -0.1) is 0 Å². The van der Waals surface area contributed by atoms with Crippen LogP contribution in [0.5, 0.6) is 5.75 Å². The molecule has 0 aliphatic carbocycles. The number of benzene rings is 1. The number of hydrogen-bond donors (Lipinski definition) is 0. The van der Waals surface area contributed by atoms with Gasteiger partial charge in [-0.25, -0.2) is 0 Å². The maximum absolute atomic E-state index is 12.8. The molecule has 0 N–H and O–H groups in total. The number of piperazine rings is 1. The molecule has 0 atom stereocenters. The molecular formula is C19H17ClN2O4. The first-order chi connectivity index (χ1) is 12.6. The van der Waals surface area contributed by atoms with Crippen molar-refractivity contribution in [2.24, 2.45) is 0 Å². The highest BCUT2D eigenvalue weighted by Gasteiger charge is 2.28. The Morgan fingerprint density at radius 2 is 1.73 bits per heavy atom. The molecule has 2 aliphatic heterocycles. The van der Waals surface area contributed by atoms with Crippen LogP contribution in [0.3, 0.4) is 0 Å². The van der Waals surface area contributed by atoms with Gasteiger partial charge in [-0.3, -0.25) is 9.59 Å². The molecule has 134 valence electrons. The van der Waals surface area contributed by atoms with E-state index in [0.717, 1.165) is 11.3 Å². The average molecular weight is 373 g/mol. The topological polar surface area (TPSA) is 63.0 Å². The van der Waals surface area contributed by atoms with Crippen molar-refractivity contribution < 1.29 is 18.7 Å². The lowest BCUT2D eigenvalue weighted by atomic mass is 10.1. The van der Waals surface area contributed by atoms with Gasteiger partial charge in [0.1, 0.15) is 18.6 Å². The molecule has 3 heterocycles. The number of nitrogens with zero attached hydrogens (tertiary/aromatic N) is 2. The Kier molecular flexibility index (Phi) is 4.42. The summed E-state index contributed by atoms with van der Waals surface area (Å²) >= 11 is 6.02. The number of carbonyl (C=O) groups excluding carboxylic acids is 2. The quantitative estimate of drug-likeness (QED) is 0.813. The Labute approximate surface area is 155 Å². The fraction of sp³-hybridized carbons (Fsp3) is 0.263. The second kappa shape index (κ2) is 6.88. The van der Waals surface area contributed by atoms with E-state index >= 15 is 0 Å². The zero-order valence-electron chi connectivity index (χ0n) is 14.0. The van der Waals surface area contributed by atoms with Crippen LogP contribution < -0.4 is 4.74 Å². The van der Waals surface area contributed by atoms with Crippen molar-refractivity contribution in [3.05, 3.63) is 58.5 Å². The molecule has 7 heteroatoms. The van der Waals surface area contributed by atoms with Crippen molar-refractivity contribution in [3.8, 4) is 5.75 Å². The van der Waals surface area contributed by atoms with E-state index in [1.54, 1.807) is 34.1 Å². The van der Waals surface area contributed by atoms with Crippen LogP contribution in [0, 0.1) is 0 Å². The number of fused-ring (bicyclic) bond motifs is 1. The van der Waals surface area contributed by atoms with E-state index in [9.17, 15) is 9.59 Å². The van der Waals surface area contributed by atoms with Crippen molar-refractivity contribution in [1.82, 2.24) is 9.80 Å². The zero-order chi connectivity index (χ0) is 18.1. The van der Waals surface area contributed by atoms with E-state index in [1.807, 2.05) is 6.08 Å². The fourth-order valence-electron chi connectivity index (χ4n) is 3.16. The Balaban J connectivity index is 1.42. The van der Waals surface area contributed by atoms with Gasteiger partial charge in [0.25, 0.3) is 11.8 Å². The molecule has 0 radical (unpaired) electrons. The minimum absolute atomic E-state index is 0.0639. The number of rotatable bonds is 2. The van der Waals surface area contributed by atoms with E-state index in [-0.39, 0.29) is 18.4 Å². The van der Waals surface area contributed by atoms with Crippen LogP contribution in [0.4, 0.5) is 0 Å². The van der Waals surface area contributed by atoms with E-state index < -0.39 is 0 Å². The molecule has 2 aliphatic rings. The number of furan rings is 1. The van der Waals surface area contributed by atoms with Crippen molar-refractivity contribution in [1.29, 1.82) is 0 Å². The summed E-state index contributed by atoms with van der Waals surface area (Å²) in [5.41, 5.74) is 1.93. The van der Waals surface area contributed by atoms with Crippen LogP contribution in [0.2, 0.25) is 5.02 Å². The highest BCUT2D eigenvalue weighted by molar-refractivity contribution is 6.30. The van der Waals surface area contributed by atoms with Gasteiger partial charge in [0.2, 0.25) is 0 Å². The average Bonchev–Trinajstić information content (AvgIpc) is 3.21. The number of ether oxygens (including phenoxy) is 1. The molecule has 2 aromatic rings.